The van der Waals surface area contributed by atoms with Crippen LogP contribution >= 0.6 is 0 Å². The molecule has 0 spiro atoms. The number of nitrogens with two attached hydrogens (primary N) is 1. The molecule has 2 saturated carbocycles. The van der Waals surface area contributed by atoms with Crippen molar-refractivity contribution < 1.29 is 4.79 Å². The summed E-state index contributed by atoms with van der Waals surface area (Å²) < 4.78 is 2.18. The smallest absolute Gasteiger partial charge is 0.232 e. The van der Waals surface area contributed by atoms with Gasteiger partial charge < -0.3 is 10.3 Å². The lowest BCUT2D eigenvalue weighted by Crippen LogP contribution is -2.49. The van der Waals surface area contributed by atoms with E-state index in [1.165, 1.54) is 19.3 Å². The van der Waals surface area contributed by atoms with Gasteiger partial charge in [-0.25, -0.2) is 4.98 Å². The summed E-state index contributed by atoms with van der Waals surface area (Å²) in [7, 11) is 0. The number of amides is 1. The number of nitrogens with zero attached hydrogens (tertiary/aromatic N) is 3. The van der Waals surface area contributed by atoms with Crippen LogP contribution in [0.5, 0.6) is 0 Å². The first kappa shape index (κ1) is 14.5. The van der Waals surface area contributed by atoms with Crippen LogP contribution in [0.15, 0.2) is 24.3 Å². The number of benzene rings is 1. The zero-order chi connectivity index (χ0) is 16.3. The molecule has 2 N–H and O–H groups in total. The molecule has 2 atom stereocenters. The number of hydrogen-bond acceptors (Lipinski definition) is 3. The predicted molar refractivity (Wildman–Crippen MR) is 93.6 cm³/mol. The highest BCUT2D eigenvalue weighted by molar-refractivity contribution is 5.96. The third kappa shape index (κ3) is 2.04. The summed E-state index contributed by atoms with van der Waals surface area (Å²) in [5.74, 6) is 2.31. The lowest BCUT2D eigenvalue weighted by atomic mass is 9.65. The van der Waals surface area contributed by atoms with Gasteiger partial charge in [-0.3, -0.25) is 9.69 Å². The van der Waals surface area contributed by atoms with Crippen molar-refractivity contribution in [1.29, 1.82) is 0 Å². The van der Waals surface area contributed by atoms with Gasteiger partial charge in [0.05, 0.1) is 11.0 Å². The Kier molecular flexibility index (Phi) is 3.20. The molecule has 2 heterocycles. The van der Waals surface area contributed by atoms with Crippen LogP contribution in [0.3, 0.4) is 0 Å². The number of carbonyl (C=O) groups is 1. The first-order valence-corrected chi connectivity index (χ1v) is 9.24. The summed E-state index contributed by atoms with van der Waals surface area (Å²) in [6.45, 7) is 1.60. The third-order valence-electron chi connectivity index (χ3n) is 6.45. The molecule has 1 aromatic carbocycles. The van der Waals surface area contributed by atoms with Crippen LogP contribution < -0.4 is 10.6 Å². The Labute approximate surface area is 141 Å². The first-order valence-electron chi connectivity index (χ1n) is 9.24. The number of hydrogen-bond donors (Lipinski definition) is 1. The summed E-state index contributed by atoms with van der Waals surface area (Å²) in [5.41, 5.74) is 8.50. The van der Waals surface area contributed by atoms with Crippen molar-refractivity contribution >= 4 is 22.9 Å². The number of imidazole rings is 1. The van der Waals surface area contributed by atoms with Crippen molar-refractivity contribution in [2.75, 3.05) is 11.4 Å². The minimum Gasteiger partial charge on any atom is -0.327 e. The largest absolute Gasteiger partial charge is 0.327 e. The molecule has 1 aliphatic heterocycles. The fourth-order valence-corrected chi connectivity index (χ4v) is 5.21. The Balaban J connectivity index is 1.43. The normalized spacial score (nSPS) is 32.1. The molecule has 3 aliphatic rings. The van der Waals surface area contributed by atoms with Gasteiger partial charge in [-0.2, -0.15) is 0 Å². The van der Waals surface area contributed by atoms with Crippen molar-refractivity contribution in [3.05, 3.63) is 24.3 Å². The van der Waals surface area contributed by atoms with E-state index < -0.39 is 0 Å². The second-order valence-electron chi connectivity index (χ2n) is 7.74. The minimum atomic E-state index is 0.131. The molecule has 2 unspecified atom stereocenters. The van der Waals surface area contributed by atoms with Crippen molar-refractivity contribution in [2.24, 2.45) is 23.5 Å². The van der Waals surface area contributed by atoms with E-state index in [1.54, 1.807) is 0 Å². The molecular formula is C19H24N4O. The van der Waals surface area contributed by atoms with E-state index in [2.05, 4.69) is 10.6 Å². The number of fused-ring (bicyclic) bond motifs is 5. The number of carbonyl (C=O) groups excluding carboxylic acids is 1. The molecule has 1 aromatic heterocycles. The Morgan fingerprint density at radius 3 is 2.67 bits per heavy atom. The van der Waals surface area contributed by atoms with Crippen LogP contribution in [0.1, 0.15) is 32.1 Å². The van der Waals surface area contributed by atoms with Gasteiger partial charge in [-0.05, 0) is 49.7 Å². The molecular weight excluding hydrogens is 300 g/mol. The van der Waals surface area contributed by atoms with Crippen LogP contribution in [0.2, 0.25) is 0 Å². The van der Waals surface area contributed by atoms with Crippen LogP contribution in [-0.2, 0) is 11.3 Å². The highest BCUT2D eigenvalue weighted by Gasteiger charge is 2.43. The fraction of sp³-hybridized carbons (Fsp3) is 0.579. The van der Waals surface area contributed by atoms with Crippen molar-refractivity contribution in [1.82, 2.24) is 9.55 Å². The number of aromatic nitrogens is 2. The van der Waals surface area contributed by atoms with E-state index in [0.717, 1.165) is 42.9 Å². The molecule has 5 nitrogen and oxygen atoms in total. The maximum absolute atomic E-state index is 13.2. The molecule has 2 bridgehead atoms. The van der Waals surface area contributed by atoms with Gasteiger partial charge in [0.1, 0.15) is 0 Å². The van der Waals surface area contributed by atoms with Gasteiger partial charge in [-0.1, -0.05) is 18.6 Å². The molecule has 5 rings (SSSR count). The molecule has 2 aliphatic carbocycles. The van der Waals surface area contributed by atoms with Crippen LogP contribution in [0, 0.1) is 17.8 Å². The van der Waals surface area contributed by atoms with E-state index in [4.69, 9.17) is 10.7 Å². The number of rotatable bonds is 1. The van der Waals surface area contributed by atoms with Crippen molar-refractivity contribution in [3.63, 3.8) is 0 Å². The Morgan fingerprint density at radius 1 is 1.12 bits per heavy atom. The van der Waals surface area contributed by atoms with Crippen LogP contribution in [0.4, 0.5) is 5.95 Å². The molecule has 126 valence electrons. The molecule has 2 aromatic rings. The quantitative estimate of drug-likeness (QED) is 0.877. The maximum Gasteiger partial charge on any atom is 0.232 e. The van der Waals surface area contributed by atoms with Gasteiger partial charge in [-0.15, -0.1) is 0 Å². The fourth-order valence-electron chi connectivity index (χ4n) is 5.21. The number of para-hydroxylation sites is 2. The molecule has 0 saturated heterocycles. The standard InChI is InChI=1S/C19H24N4O/c20-17-12-4-3-5-13(17)11-14(10-12)18(24)23-9-8-22-16-7-2-1-6-15(16)21-19(22)23/h1-2,6-7,12-14,17H,3-5,8-11,20H2. The molecule has 5 heteroatoms. The Hall–Kier alpha value is -1.88. The lowest BCUT2D eigenvalue weighted by Gasteiger charge is -2.44. The highest BCUT2D eigenvalue weighted by Crippen LogP contribution is 2.43. The van der Waals surface area contributed by atoms with Crippen LogP contribution in [0.25, 0.3) is 11.0 Å². The van der Waals surface area contributed by atoms with Crippen LogP contribution in [-0.4, -0.2) is 28.0 Å². The summed E-state index contributed by atoms with van der Waals surface area (Å²) in [4.78, 5) is 19.9. The van der Waals surface area contributed by atoms with E-state index in [0.29, 0.717) is 17.9 Å². The maximum atomic E-state index is 13.2. The SMILES string of the molecule is NC1C2CCCC1CC(C(=O)N1CCn3c1nc1ccccc13)C2. The molecule has 24 heavy (non-hydrogen) atoms. The van der Waals surface area contributed by atoms with Crippen molar-refractivity contribution in [2.45, 2.75) is 44.7 Å². The van der Waals surface area contributed by atoms with Gasteiger partial charge in [0.25, 0.3) is 0 Å². The predicted octanol–water partition coefficient (Wildman–Crippen LogP) is 2.54. The summed E-state index contributed by atoms with van der Waals surface area (Å²) in [6.07, 6.45) is 5.60. The van der Waals surface area contributed by atoms with Gasteiger partial charge in [0.15, 0.2) is 0 Å². The third-order valence-corrected chi connectivity index (χ3v) is 6.45. The molecule has 1 amide bonds. The average molecular weight is 324 g/mol. The number of anilines is 1. The van der Waals surface area contributed by atoms with E-state index in [9.17, 15) is 4.79 Å². The topological polar surface area (TPSA) is 64.2 Å². The van der Waals surface area contributed by atoms with Gasteiger partial charge >= 0.3 is 0 Å². The average Bonchev–Trinajstić information content (AvgIpc) is 3.13. The monoisotopic (exact) mass is 324 g/mol. The minimum absolute atomic E-state index is 0.131. The van der Waals surface area contributed by atoms with Gasteiger partial charge in [0.2, 0.25) is 11.9 Å². The summed E-state index contributed by atoms with van der Waals surface area (Å²) in [5, 5.41) is 0. The van der Waals surface area contributed by atoms with E-state index in [1.807, 2.05) is 23.1 Å². The Bertz CT molecular complexity index is 784. The highest BCUT2D eigenvalue weighted by atomic mass is 16.2. The summed E-state index contributed by atoms with van der Waals surface area (Å²) in [6, 6.07) is 8.45. The summed E-state index contributed by atoms with van der Waals surface area (Å²) >= 11 is 0. The lowest BCUT2D eigenvalue weighted by molar-refractivity contribution is -0.125. The second-order valence-corrected chi connectivity index (χ2v) is 7.74. The second kappa shape index (κ2) is 5.31. The van der Waals surface area contributed by atoms with Gasteiger partial charge in [0, 0.05) is 25.0 Å². The zero-order valence-electron chi connectivity index (χ0n) is 13.9. The van der Waals surface area contributed by atoms with E-state index in [-0.39, 0.29) is 11.8 Å². The molecule has 2 fully saturated rings. The first-order chi connectivity index (χ1) is 11.7. The van der Waals surface area contributed by atoms with Crippen molar-refractivity contribution in [3.8, 4) is 0 Å². The van der Waals surface area contributed by atoms with E-state index >= 15 is 0 Å². The zero-order valence-corrected chi connectivity index (χ0v) is 13.9. The molecule has 0 radical (unpaired) electrons. The Morgan fingerprint density at radius 2 is 1.88 bits per heavy atom.